The summed E-state index contributed by atoms with van der Waals surface area (Å²) in [5.41, 5.74) is 2.26. The van der Waals surface area contributed by atoms with Gasteiger partial charge in [0.15, 0.2) is 0 Å². The number of rotatable bonds is 3. The normalized spacial score (nSPS) is 21.9. The van der Waals surface area contributed by atoms with Crippen molar-refractivity contribution in [2.24, 2.45) is 0 Å². The van der Waals surface area contributed by atoms with Gasteiger partial charge in [0.25, 0.3) is 0 Å². The highest BCUT2D eigenvalue weighted by atomic mass is 16.2. The van der Waals surface area contributed by atoms with E-state index in [0.717, 1.165) is 17.9 Å². The molecule has 0 aliphatic carbocycles. The van der Waals surface area contributed by atoms with Gasteiger partial charge in [-0.2, -0.15) is 0 Å². The number of benzene rings is 1. The number of hydrogen-bond acceptors (Lipinski definition) is 4. The predicted octanol–water partition coefficient (Wildman–Crippen LogP) is 1.46. The Labute approximate surface area is 118 Å². The molecule has 1 fully saturated rings. The van der Waals surface area contributed by atoms with Gasteiger partial charge in [0.1, 0.15) is 0 Å². The fraction of sp³-hybridized carbons (Fsp3) is 0.467. The monoisotopic (exact) mass is 273 g/mol. The zero-order chi connectivity index (χ0) is 14.1. The number of hydrogen-bond donors (Lipinski definition) is 1. The van der Waals surface area contributed by atoms with Gasteiger partial charge in [-0.25, -0.2) is 0 Å². The summed E-state index contributed by atoms with van der Waals surface area (Å²) >= 11 is 0. The van der Waals surface area contributed by atoms with Crippen molar-refractivity contribution in [1.82, 2.24) is 4.90 Å². The van der Waals surface area contributed by atoms with Crippen LogP contribution >= 0.6 is 0 Å². The van der Waals surface area contributed by atoms with Gasteiger partial charge in [0.2, 0.25) is 11.8 Å². The molecule has 2 amide bonds. The van der Waals surface area contributed by atoms with Crippen LogP contribution in [0.2, 0.25) is 0 Å². The molecule has 3 rings (SSSR count). The molecule has 1 aromatic carbocycles. The van der Waals surface area contributed by atoms with E-state index in [1.807, 2.05) is 12.1 Å². The first-order valence-electron chi connectivity index (χ1n) is 7.09. The highest BCUT2D eigenvalue weighted by molar-refractivity contribution is 6.01. The van der Waals surface area contributed by atoms with Crippen LogP contribution < -0.4 is 10.2 Å². The van der Waals surface area contributed by atoms with E-state index >= 15 is 0 Å². The summed E-state index contributed by atoms with van der Waals surface area (Å²) in [6, 6.07) is 8.50. The quantitative estimate of drug-likeness (QED) is 0.847. The van der Waals surface area contributed by atoms with Crippen LogP contribution in [-0.2, 0) is 9.59 Å². The second-order valence-electron chi connectivity index (χ2n) is 5.38. The van der Waals surface area contributed by atoms with Crippen molar-refractivity contribution in [3.63, 3.8) is 0 Å². The Bertz CT molecular complexity index is 528. The number of fused-ring (bicyclic) bond motifs is 1. The second-order valence-corrected chi connectivity index (χ2v) is 5.38. The van der Waals surface area contributed by atoms with Crippen molar-refractivity contribution >= 4 is 23.2 Å². The molecule has 106 valence electrons. The molecule has 2 heterocycles. The molecular weight excluding hydrogens is 254 g/mol. The molecule has 5 heteroatoms. The van der Waals surface area contributed by atoms with Crippen LogP contribution in [0.1, 0.15) is 19.8 Å². The maximum absolute atomic E-state index is 11.7. The number of carbonyl (C=O) groups is 2. The first kappa shape index (κ1) is 13.0. The maximum atomic E-state index is 11.7. The number of amides is 2. The summed E-state index contributed by atoms with van der Waals surface area (Å²) in [6.07, 6.45) is 0.735. The molecule has 0 saturated carbocycles. The third-order valence-corrected chi connectivity index (χ3v) is 4.05. The molecule has 2 aliphatic rings. The van der Waals surface area contributed by atoms with E-state index < -0.39 is 0 Å². The van der Waals surface area contributed by atoms with Crippen molar-refractivity contribution in [3.05, 3.63) is 24.3 Å². The van der Waals surface area contributed by atoms with Crippen LogP contribution in [0.5, 0.6) is 0 Å². The molecule has 0 radical (unpaired) electrons. The number of nitrogens with zero attached hydrogens (tertiary/aromatic N) is 2. The highest BCUT2D eigenvalue weighted by Gasteiger charge is 2.30. The molecule has 1 N–H and O–H groups in total. The largest absolute Gasteiger partial charge is 0.381 e. The van der Waals surface area contributed by atoms with Crippen LogP contribution in [0, 0.1) is 0 Å². The minimum atomic E-state index is -0.0360. The summed E-state index contributed by atoms with van der Waals surface area (Å²) in [4.78, 5) is 27.0. The fourth-order valence-electron chi connectivity index (χ4n) is 2.90. The standard InChI is InChI=1S/C15H19N3O2/c1-11-10-16-12-4-2-3-5-13(12)17(11)8-9-18-14(19)6-7-15(18)20/h2-5,11,16H,6-10H2,1H3. The number of imide groups is 1. The smallest absolute Gasteiger partial charge is 0.229 e. The minimum Gasteiger partial charge on any atom is -0.381 e. The summed E-state index contributed by atoms with van der Waals surface area (Å²) < 4.78 is 0. The van der Waals surface area contributed by atoms with Crippen molar-refractivity contribution in [1.29, 1.82) is 0 Å². The third kappa shape index (κ3) is 2.24. The van der Waals surface area contributed by atoms with Gasteiger partial charge in [-0.05, 0) is 19.1 Å². The van der Waals surface area contributed by atoms with E-state index in [2.05, 4.69) is 29.3 Å². The Balaban J connectivity index is 1.74. The first-order chi connectivity index (χ1) is 9.66. The molecule has 1 unspecified atom stereocenters. The SMILES string of the molecule is CC1CNc2ccccc2N1CCN1C(=O)CCC1=O. The van der Waals surface area contributed by atoms with Crippen LogP contribution in [0.25, 0.3) is 0 Å². The lowest BCUT2D eigenvalue weighted by Gasteiger charge is -2.38. The van der Waals surface area contributed by atoms with Gasteiger partial charge in [0.05, 0.1) is 11.4 Å². The predicted molar refractivity (Wildman–Crippen MR) is 77.7 cm³/mol. The second kappa shape index (κ2) is 5.15. The lowest BCUT2D eigenvalue weighted by atomic mass is 10.1. The van der Waals surface area contributed by atoms with E-state index in [9.17, 15) is 9.59 Å². The lowest BCUT2D eigenvalue weighted by Crippen LogP contribution is -2.46. The number of anilines is 2. The van der Waals surface area contributed by atoms with Crippen LogP contribution in [0.3, 0.4) is 0 Å². The lowest BCUT2D eigenvalue weighted by molar-refractivity contribution is -0.138. The van der Waals surface area contributed by atoms with E-state index in [-0.39, 0.29) is 11.8 Å². The third-order valence-electron chi connectivity index (χ3n) is 4.05. The molecule has 20 heavy (non-hydrogen) atoms. The van der Waals surface area contributed by atoms with Crippen LogP contribution in [-0.4, -0.2) is 42.4 Å². The number of likely N-dealkylation sites (tertiary alicyclic amines) is 1. The van der Waals surface area contributed by atoms with Gasteiger partial charge in [-0.3, -0.25) is 14.5 Å². The van der Waals surface area contributed by atoms with Gasteiger partial charge >= 0.3 is 0 Å². The summed E-state index contributed by atoms with van der Waals surface area (Å²) in [6.45, 7) is 4.20. The topological polar surface area (TPSA) is 52.6 Å². The number of para-hydroxylation sites is 2. The average Bonchev–Trinajstić information content (AvgIpc) is 2.77. The Hall–Kier alpha value is -2.04. The summed E-state index contributed by atoms with van der Waals surface area (Å²) in [7, 11) is 0. The molecule has 0 bridgehead atoms. The fourth-order valence-corrected chi connectivity index (χ4v) is 2.90. The van der Waals surface area contributed by atoms with Crippen molar-refractivity contribution < 1.29 is 9.59 Å². The molecule has 1 atom stereocenters. The van der Waals surface area contributed by atoms with Crippen LogP contribution in [0.15, 0.2) is 24.3 Å². The molecule has 5 nitrogen and oxygen atoms in total. The number of nitrogens with one attached hydrogen (secondary N) is 1. The van der Waals surface area contributed by atoms with Gasteiger partial charge < -0.3 is 10.2 Å². The van der Waals surface area contributed by atoms with Gasteiger partial charge in [0, 0.05) is 38.5 Å². The minimum absolute atomic E-state index is 0.0360. The van der Waals surface area contributed by atoms with Crippen molar-refractivity contribution in [2.45, 2.75) is 25.8 Å². The van der Waals surface area contributed by atoms with E-state index in [1.165, 1.54) is 4.90 Å². The summed E-state index contributed by atoms with van der Waals surface area (Å²) in [5, 5.41) is 3.40. The Morgan fingerprint density at radius 1 is 1.15 bits per heavy atom. The van der Waals surface area contributed by atoms with E-state index in [1.54, 1.807) is 0 Å². The Kier molecular flexibility index (Phi) is 3.34. The van der Waals surface area contributed by atoms with Crippen molar-refractivity contribution in [3.8, 4) is 0 Å². The molecule has 1 aromatic rings. The molecule has 1 saturated heterocycles. The zero-order valence-corrected chi connectivity index (χ0v) is 11.6. The average molecular weight is 273 g/mol. The first-order valence-corrected chi connectivity index (χ1v) is 7.09. The molecule has 0 aromatic heterocycles. The highest BCUT2D eigenvalue weighted by Crippen LogP contribution is 2.30. The van der Waals surface area contributed by atoms with Crippen molar-refractivity contribution in [2.75, 3.05) is 29.9 Å². The summed E-state index contributed by atoms with van der Waals surface area (Å²) in [5.74, 6) is -0.0721. The molecule has 2 aliphatic heterocycles. The Morgan fingerprint density at radius 3 is 2.60 bits per heavy atom. The van der Waals surface area contributed by atoms with E-state index in [4.69, 9.17) is 0 Å². The zero-order valence-electron chi connectivity index (χ0n) is 11.6. The van der Waals surface area contributed by atoms with Crippen LogP contribution in [0.4, 0.5) is 11.4 Å². The molecule has 0 spiro atoms. The van der Waals surface area contributed by atoms with Gasteiger partial charge in [-0.1, -0.05) is 12.1 Å². The maximum Gasteiger partial charge on any atom is 0.229 e. The van der Waals surface area contributed by atoms with Gasteiger partial charge in [-0.15, -0.1) is 0 Å². The van der Waals surface area contributed by atoms with E-state index in [0.29, 0.717) is 32.0 Å². The molecular formula is C15H19N3O2. The number of carbonyl (C=O) groups excluding carboxylic acids is 2. The Morgan fingerprint density at radius 2 is 1.85 bits per heavy atom.